The quantitative estimate of drug-likeness (QED) is 0.603. The molecule has 6 heteroatoms. The van der Waals surface area contributed by atoms with Crippen LogP contribution < -0.4 is 10.6 Å². The number of hydrogen-bond acceptors (Lipinski definition) is 4. The number of para-hydroxylation sites is 1. The van der Waals surface area contributed by atoms with Gasteiger partial charge in [-0.25, -0.2) is 9.59 Å². The topological polar surface area (TPSA) is 80.3 Å². The molecule has 0 fully saturated rings. The van der Waals surface area contributed by atoms with Crippen LogP contribution in [0.2, 0.25) is 0 Å². The first-order chi connectivity index (χ1) is 11.7. The maximum Gasteiger partial charge on any atom is 0.340 e. The average molecular weight is 327 g/mol. The molecule has 6 nitrogen and oxygen atoms in total. The number of anilines is 1. The highest BCUT2D eigenvalue weighted by atomic mass is 16.5. The van der Waals surface area contributed by atoms with Crippen molar-refractivity contribution in [2.75, 3.05) is 11.9 Å². The van der Waals surface area contributed by atoms with E-state index >= 15 is 0 Å². The number of ether oxygens (including phenoxy) is 1. The van der Waals surface area contributed by atoms with Crippen molar-refractivity contribution in [3.8, 4) is 0 Å². The Morgan fingerprint density at radius 2 is 1.92 bits per heavy atom. The van der Waals surface area contributed by atoms with Crippen molar-refractivity contribution in [2.45, 2.75) is 26.3 Å². The highest BCUT2D eigenvalue weighted by Gasteiger charge is 2.14. The van der Waals surface area contributed by atoms with Crippen LogP contribution in [-0.2, 0) is 11.3 Å². The molecule has 2 rings (SSSR count). The number of unbranched alkanes of at least 4 members (excludes halogenated alkanes) is 1. The van der Waals surface area contributed by atoms with E-state index in [1.54, 1.807) is 30.5 Å². The number of pyridine rings is 1. The van der Waals surface area contributed by atoms with Crippen molar-refractivity contribution in [1.82, 2.24) is 10.3 Å². The predicted molar refractivity (Wildman–Crippen MR) is 91.7 cm³/mol. The van der Waals surface area contributed by atoms with E-state index in [2.05, 4.69) is 15.6 Å². The lowest BCUT2D eigenvalue weighted by molar-refractivity contribution is 0.0501. The van der Waals surface area contributed by atoms with Gasteiger partial charge in [0.25, 0.3) is 0 Å². The van der Waals surface area contributed by atoms with Gasteiger partial charge in [0.2, 0.25) is 0 Å². The van der Waals surface area contributed by atoms with E-state index in [-0.39, 0.29) is 0 Å². The van der Waals surface area contributed by atoms with E-state index in [0.717, 1.165) is 18.5 Å². The molecule has 1 heterocycles. The van der Waals surface area contributed by atoms with Gasteiger partial charge in [0.15, 0.2) is 0 Å². The number of carbonyl (C=O) groups excluding carboxylic acids is 2. The summed E-state index contributed by atoms with van der Waals surface area (Å²) < 4.78 is 5.20. The van der Waals surface area contributed by atoms with Crippen LogP contribution in [0.1, 0.15) is 35.8 Å². The van der Waals surface area contributed by atoms with Gasteiger partial charge in [0.1, 0.15) is 0 Å². The standard InChI is InChI=1S/C18H21N3O3/c1-2-3-12-24-17(22)15-9-4-5-10-16(15)21-18(23)20-13-14-8-6-7-11-19-14/h4-11H,2-3,12-13H2,1H3,(H2,20,21,23). The monoisotopic (exact) mass is 327 g/mol. The van der Waals surface area contributed by atoms with Gasteiger partial charge in [-0.1, -0.05) is 31.5 Å². The molecule has 1 aromatic heterocycles. The predicted octanol–water partition coefficient (Wildman–Crippen LogP) is 3.36. The van der Waals surface area contributed by atoms with Crippen molar-refractivity contribution < 1.29 is 14.3 Å². The molecule has 24 heavy (non-hydrogen) atoms. The zero-order valence-electron chi connectivity index (χ0n) is 13.6. The molecule has 2 N–H and O–H groups in total. The summed E-state index contributed by atoms with van der Waals surface area (Å²) in [5.74, 6) is -0.441. The van der Waals surface area contributed by atoms with Crippen LogP contribution in [0.25, 0.3) is 0 Å². The van der Waals surface area contributed by atoms with Crippen molar-refractivity contribution in [3.63, 3.8) is 0 Å². The summed E-state index contributed by atoms with van der Waals surface area (Å²) in [6.07, 6.45) is 3.42. The minimum absolute atomic E-state index is 0.301. The van der Waals surface area contributed by atoms with Crippen LogP contribution in [0, 0.1) is 0 Å². The molecule has 0 saturated carbocycles. The fourth-order valence-corrected chi connectivity index (χ4v) is 2.00. The van der Waals surface area contributed by atoms with E-state index in [9.17, 15) is 9.59 Å². The first-order valence-corrected chi connectivity index (χ1v) is 7.91. The lowest BCUT2D eigenvalue weighted by Crippen LogP contribution is -2.29. The molecule has 2 amide bonds. The zero-order chi connectivity index (χ0) is 17.2. The Hall–Kier alpha value is -2.89. The van der Waals surface area contributed by atoms with Gasteiger partial charge >= 0.3 is 12.0 Å². The minimum atomic E-state index is -0.441. The summed E-state index contributed by atoms with van der Waals surface area (Å²) in [6.45, 7) is 2.70. The maximum absolute atomic E-state index is 12.1. The first-order valence-electron chi connectivity index (χ1n) is 7.91. The third-order valence-corrected chi connectivity index (χ3v) is 3.28. The fraction of sp³-hybridized carbons (Fsp3) is 0.278. The summed E-state index contributed by atoms with van der Waals surface area (Å²) in [7, 11) is 0. The van der Waals surface area contributed by atoms with Gasteiger partial charge in [-0.15, -0.1) is 0 Å². The smallest absolute Gasteiger partial charge is 0.340 e. The van der Waals surface area contributed by atoms with Crippen LogP contribution in [0.15, 0.2) is 48.7 Å². The highest BCUT2D eigenvalue weighted by Crippen LogP contribution is 2.16. The molecule has 0 bridgehead atoms. The Morgan fingerprint density at radius 3 is 2.67 bits per heavy atom. The van der Waals surface area contributed by atoms with E-state index in [1.165, 1.54) is 0 Å². The van der Waals surface area contributed by atoms with Gasteiger partial charge in [-0.3, -0.25) is 4.98 Å². The molecule has 126 valence electrons. The third kappa shape index (κ3) is 5.39. The molecule has 0 radical (unpaired) electrons. The second kappa shape index (κ2) is 9.29. The zero-order valence-corrected chi connectivity index (χ0v) is 13.6. The van der Waals surface area contributed by atoms with Crippen LogP contribution in [0.5, 0.6) is 0 Å². The molecular formula is C18H21N3O3. The molecule has 0 aliphatic rings. The molecule has 2 aromatic rings. The van der Waals surface area contributed by atoms with Crippen molar-refractivity contribution in [1.29, 1.82) is 0 Å². The summed E-state index contributed by atoms with van der Waals surface area (Å²) in [4.78, 5) is 28.2. The average Bonchev–Trinajstić information content (AvgIpc) is 2.61. The normalized spacial score (nSPS) is 10.0. The molecule has 0 spiro atoms. The van der Waals surface area contributed by atoms with Crippen LogP contribution >= 0.6 is 0 Å². The molecule has 0 saturated heterocycles. The largest absolute Gasteiger partial charge is 0.462 e. The summed E-state index contributed by atoms with van der Waals surface area (Å²) in [5.41, 5.74) is 1.50. The second-order valence-corrected chi connectivity index (χ2v) is 5.16. The van der Waals surface area contributed by atoms with Gasteiger partial charge in [-0.05, 0) is 30.7 Å². The molecular weight excluding hydrogens is 306 g/mol. The molecule has 0 aliphatic heterocycles. The van der Waals surface area contributed by atoms with Gasteiger partial charge in [-0.2, -0.15) is 0 Å². The molecule has 0 unspecified atom stereocenters. The number of esters is 1. The maximum atomic E-state index is 12.1. The third-order valence-electron chi connectivity index (χ3n) is 3.28. The Balaban J connectivity index is 1.94. The molecule has 0 aliphatic carbocycles. The van der Waals surface area contributed by atoms with E-state index in [0.29, 0.717) is 24.4 Å². The number of nitrogens with one attached hydrogen (secondary N) is 2. The highest BCUT2D eigenvalue weighted by molar-refractivity contribution is 6.00. The Morgan fingerprint density at radius 1 is 1.12 bits per heavy atom. The number of nitrogens with zero attached hydrogens (tertiary/aromatic N) is 1. The van der Waals surface area contributed by atoms with E-state index in [4.69, 9.17) is 4.74 Å². The molecule has 0 atom stereocenters. The SMILES string of the molecule is CCCCOC(=O)c1ccccc1NC(=O)NCc1ccccn1. The van der Waals surface area contributed by atoms with Crippen LogP contribution in [0.3, 0.4) is 0 Å². The number of rotatable bonds is 7. The van der Waals surface area contributed by atoms with E-state index in [1.807, 2.05) is 25.1 Å². The van der Waals surface area contributed by atoms with Gasteiger partial charge < -0.3 is 15.4 Å². The molecule has 1 aromatic carbocycles. The van der Waals surface area contributed by atoms with E-state index < -0.39 is 12.0 Å². The number of carbonyl (C=O) groups is 2. The number of amides is 2. The van der Waals surface area contributed by atoms with Gasteiger partial charge in [0.05, 0.1) is 30.1 Å². The van der Waals surface area contributed by atoms with Crippen molar-refractivity contribution in [3.05, 3.63) is 59.9 Å². The van der Waals surface area contributed by atoms with Gasteiger partial charge in [0, 0.05) is 6.20 Å². The number of hydrogen-bond donors (Lipinski definition) is 2. The number of aromatic nitrogens is 1. The fourth-order valence-electron chi connectivity index (χ4n) is 2.00. The summed E-state index contributed by atoms with van der Waals surface area (Å²) in [5, 5.41) is 5.37. The Bertz CT molecular complexity index is 674. The Labute approximate surface area is 141 Å². The van der Waals surface area contributed by atoms with Crippen LogP contribution in [0.4, 0.5) is 10.5 Å². The summed E-state index contributed by atoms with van der Waals surface area (Å²) >= 11 is 0. The number of urea groups is 1. The second-order valence-electron chi connectivity index (χ2n) is 5.16. The minimum Gasteiger partial charge on any atom is -0.462 e. The lowest BCUT2D eigenvalue weighted by atomic mass is 10.2. The van der Waals surface area contributed by atoms with Crippen molar-refractivity contribution >= 4 is 17.7 Å². The summed E-state index contributed by atoms with van der Waals surface area (Å²) in [6, 6.07) is 11.8. The van der Waals surface area contributed by atoms with Crippen molar-refractivity contribution in [2.24, 2.45) is 0 Å². The Kier molecular flexibility index (Phi) is 6.76. The van der Waals surface area contributed by atoms with Crippen LogP contribution in [-0.4, -0.2) is 23.6 Å². The number of benzene rings is 1. The lowest BCUT2D eigenvalue weighted by Gasteiger charge is -2.11. The first kappa shape index (κ1) is 17.5.